The number of methoxy groups -OCH3 is 3. The largest absolute Gasteiger partial charge is 0.495 e. The van der Waals surface area contributed by atoms with Crippen LogP contribution in [0.4, 0.5) is 5.69 Å². The van der Waals surface area contributed by atoms with Crippen LogP contribution in [0.15, 0.2) is 39.7 Å². The second-order valence-electron chi connectivity index (χ2n) is 4.59. The summed E-state index contributed by atoms with van der Waals surface area (Å²) in [5, 5.41) is 0.295. The summed E-state index contributed by atoms with van der Waals surface area (Å²) in [6.45, 7) is 0. The summed E-state index contributed by atoms with van der Waals surface area (Å²) in [5.41, 5.74) is 0.308. The molecule has 0 heterocycles. The fourth-order valence-corrected chi connectivity index (χ4v) is 4.33. The van der Waals surface area contributed by atoms with Gasteiger partial charge in [-0.25, -0.2) is 8.42 Å². The highest BCUT2D eigenvalue weighted by molar-refractivity contribution is 9.10. The molecule has 2 aromatic rings. The molecular formula is C15H15BrClNO5S. The Hall–Kier alpha value is -1.64. The van der Waals surface area contributed by atoms with Gasteiger partial charge >= 0.3 is 0 Å². The first kappa shape index (κ1) is 18.7. The van der Waals surface area contributed by atoms with E-state index in [4.69, 9.17) is 25.8 Å². The molecule has 0 saturated carbocycles. The van der Waals surface area contributed by atoms with Crippen LogP contribution >= 0.6 is 27.5 Å². The zero-order valence-electron chi connectivity index (χ0n) is 13.1. The van der Waals surface area contributed by atoms with Gasteiger partial charge in [-0.05, 0) is 40.2 Å². The number of ether oxygens (including phenoxy) is 3. The minimum Gasteiger partial charge on any atom is -0.495 e. The van der Waals surface area contributed by atoms with Crippen LogP contribution in [0.1, 0.15) is 0 Å². The Balaban J connectivity index is 2.42. The van der Waals surface area contributed by atoms with Crippen LogP contribution in [0.5, 0.6) is 17.2 Å². The van der Waals surface area contributed by atoms with Gasteiger partial charge in [-0.15, -0.1) is 0 Å². The smallest absolute Gasteiger partial charge is 0.263 e. The molecule has 130 valence electrons. The van der Waals surface area contributed by atoms with Crippen molar-refractivity contribution in [2.24, 2.45) is 0 Å². The summed E-state index contributed by atoms with van der Waals surface area (Å²) < 4.78 is 43.4. The third-order valence-electron chi connectivity index (χ3n) is 3.13. The molecule has 0 aliphatic rings. The van der Waals surface area contributed by atoms with Crippen LogP contribution in [0.25, 0.3) is 0 Å². The fourth-order valence-electron chi connectivity index (χ4n) is 1.98. The molecule has 0 unspecified atom stereocenters. The van der Waals surface area contributed by atoms with E-state index >= 15 is 0 Å². The van der Waals surface area contributed by atoms with Crippen LogP contribution in [0, 0.1) is 0 Å². The Morgan fingerprint density at radius 3 is 2.08 bits per heavy atom. The summed E-state index contributed by atoms with van der Waals surface area (Å²) in [5.74, 6) is 1.16. The summed E-state index contributed by atoms with van der Waals surface area (Å²) in [6.07, 6.45) is 0. The maximum absolute atomic E-state index is 12.6. The van der Waals surface area contributed by atoms with E-state index in [0.717, 1.165) is 0 Å². The molecule has 0 amide bonds. The Morgan fingerprint density at radius 1 is 0.958 bits per heavy atom. The molecule has 0 bridgehead atoms. The molecule has 0 radical (unpaired) electrons. The SMILES string of the molecule is COc1ccc(NS(=O)(=O)c2cc(OC)c(OC)cc2Br)cc1Cl. The fraction of sp³-hybridized carbons (Fsp3) is 0.200. The second kappa shape index (κ2) is 7.50. The highest BCUT2D eigenvalue weighted by Gasteiger charge is 2.21. The van der Waals surface area contributed by atoms with Gasteiger partial charge in [-0.1, -0.05) is 11.6 Å². The number of hydrogen-bond acceptors (Lipinski definition) is 5. The van der Waals surface area contributed by atoms with Crippen molar-refractivity contribution < 1.29 is 22.6 Å². The van der Waals surface area contributed by atoms with Crippen LogP contribution in [-0.2, 0) is 10.0 Å². The van der Waals surface area contributed by atoms with Crippen LogP contribution in [0.2, 0.25) is 5.02 Å². The van der Waals surface area contributed by atoms with Crippen LogP contribution < -0.4 is 18.9 Å². The van der Waals surface area contributed by atoms with Crippen molar-refractivity contribution in [3.8, 4) is 17.2 Å². The number of halogens is 2. The van der Waals surface area contributed by atoms with Gasteiger partial charge in [0, 0.05) is 10.5 Å². The molecular weight excluding hydrogens is 422 g/mol. The topological polar surface area (TPSA) is 73.9 Å². The molecule has 6 nitrogen and oxygen atoms in total. The van der Waals surface area contributed by atoms with Gasteiger partial charge < -0.3 is 14.2 Å². The first-order valence-electron chi connectivity index (χ1n) is 6.60. The summed E-state index contributed by atoms with van der Waals surface area (Å²) in [6, 6.07) is 7.48. The molecule has 24 heavy (non-hydrogen) atoms. The van der Waals surface area contributed by atoms with Crippen molar-refractivity contribution in [2.45, 2.75) is 4.90 Å². The minimum absolute atomic E-state index is 0.00657. The number of anilines is 1. The number of sulfonamides is 1. The second-order valence-corrected chi connectivity index (χ2v) is 7.50. The number of benzene rings is 2. The average molecular weight is 437 g/mol. The van der Waals surface area contributed by atoms with Crippen LogP contribution in [0.3, 0.4) is 0 Å². The van der Waals surface area contributed by atoms with Crippen molar-refractivity contribution in [1.29, 1.82) is 0 Å². The maximum Gasteiger partial charge on any atom is 0.263 e. The summed E-state index contributed by atoms with van der Waals surface area (Å²) >= 11 is 9.25. The highest BCUT2D eigenvalue weighted by Crippen LogP contribution is 2.36. The molecule has 2 aromatic carbocycles. The monoisotopic (exact) mass is 435 g/mol. The van der Waals surface area contributed by atoms with Crippen molar-refractivity contribution >= 4 is 43.2 Å². The molecule has 0 saturated heterocycles. The lowest BCUT2D eigenvalue weighted by Gasteiger charge is -2.14. The lowest BCUT2D eigenvalue weighted by molar-refractivity contribution is 0.353. The molecule has 0 aromatic heterocycles. The molecule has 0 fully saturated rings. The molecule has 0 aliphatic carbocycles. The van der Waals surface area contributed by atoms with E-state index in [-0.39, 0.29) is 4.90 Å². The average Bonchev–Trinajstić information content (AvgIpc) is 2.54. The standard InChI is InChI=1S/C15H15BrClNO5S/c1-21-12-5-4-9(6-11(12)17)18-24(19,20)15-8-14(23-3)13(22-2)7-10(15)16/h4-8,18H,1-3H3. The number of rotatable bonds is 6. The normalized spacial score (nSPS) is 11.0. The van der Waals surface area contributed by atoms with Crippen molar-refractivity contribution in [1.82, 2.24) is 0 Å². The quantitative estimate of drug-likeness (QED) is 0.743. The van der Waals surface area contributed by atoms with Crippen molar-refractivity contribution in [2.75, 3.05) is 26.1 Å². The van der Waals surface area contributed by atoms with Crippen molar-refractivity contribution in [3.05, 3.63) is 39.8 Å². The number of nitrogens with one attached hydrogen (secondary N) is 1. The van der Waals surface area contributed by atoms with Gasteiger partial charge in [-0.3, -0.25) is 4.72 Å². The third kappa shape index (κ3) is 3.88. The lowest BCUT2D eigenvalue weighted by Crippen LogP contribution is -2.14. The van der Waals surface area contributed by atoms with E-state index in [1.807, 2.05) is 0 Å². The van der Waals surface area contributed by atoms with Gasteiger partial charge in [0.25, 0.3) is 10.0 Å². The third-order valence-corrected chi connectivity index (χ3v) is 5.77. The van der Waals surface area contributed by atoms with E-state index in [0.29, 0.717) is 32.4 Å². The first-order chi connectivity index (χ1) is 11.3. The Kier molecular flexibility index (Phi) is 5.84. The van der Waals surface area contributed by atoms with E-state index in [1.54, 1.807) is 12.1 Å². The minimum atomic E-state index is -3.87. The van der Waals surface area contributed by atoms with Gasteiger partial charge in [-0.2, -0.15) is 0 Å². The first-order valence-corrected chi connectivity index (χ1v) is 9.25. The molecule has 0 spiro atoms. The Bertz CT molecular complexity index is 857. The van der Waals surface area contributed by atoms with Gasteiger partial charge in [0.1, 0.15) is 10.6 Å². The zero-order valence-corrected chi connectivity index (χ0v) is 16.3. The van der Waals surface area contributed by atoms with E-state index in [1.165, 1.54) is 39.5 Å². The van der Waals surface area contributed by atoms with Gasteiger partial charge in [0.15, 0.2) is 11.5 Å². The van der Waals surface area contributed by atoms with E-state index < -0.39 is 10.0 Å². The number of hydrogen-bond donors (Lipinski definition) is 1. The maximum atomic E-state index is 12.6. The van der Waals surface area contributed by atoms with Crippen molar-refractivity contribution in [3.63, 3.8) is 0 Å². The molecule has 1 N–H and O–H groups in total. The van der Waals surface area contributed by atoms with Gasteiger partial charge in [0.05, 0.1) is 32.0 Å². The molecule has 2 rings (SSSR count). The summed E-state index contributed by atoms with van der Waals surface area (Å²) in [4.78, 5) is 0.00657. The Morgan fingerprint density at radius 2 is 1.54 bits per heavy atom. The highest BCUT2D eigenvalue weighted by atomic mass is 79.9. The summed E-state index contributed by atoms with van der Waals surface area (Å²) in [7, 11) is 0.506. The van der Waals surface area contributed by atoms with Crippen LogP contribution in [-0.4, -0.2) is 29.7 Å². The molecule has 9 heteroatoms. The predicted molar refractivity (Wildman–Crippen MR) is 96.1 cm³/mol. The van der Waals surface area contributed by atoms with Gasteiger partial charge in [0.2, 0.25) is 0 Å². The molecule has 0 aliphatic heterocycles. The molecule has 0 atom stereocenters. The van der Waals surface area contributed by atoms with E-state index in [2.05, 4.69) is 20.7 Å². The van der Waals surface area contributed by atoms with E-state index in [9.17, 15) is 8.42 Å². The predicted octanol–water partition coefficient (Wildman–Crippen LogP) is 3.93. The zero-order chi connectivity index (χ0) is 17.9. The lowest BCUT2D eigenvalue weighted by atomic mass is 10.3. The Labute approximate surface area is 153 Å².